The van der Waals surface area contributed by atoms with Gasteiger partial charge in [0.15, 0.2) is 0 Å². The molecule has 4 heterocycles. The van der Waals surface area contributed by atoms with Gasteiger partial charge in [-0.15, -0.1) is 0 Å². The second kappa shape index (κ2) is 7.70. The zero-order valence-corrected chi connectivity index (χ0v) is 16.8. The maximum atomic E-state index is 13.2. The number of piperidine rings is 2. The molecule has 0 aliphatic carbocycles. The number of pyridine rings is 1. The fourth-order valence-electron chi connectivity index (χ4n) is 5.25. The number of hydrogen-bond donors (Lipinski definition) is 1. The van der Waals surface area contributed by atoms with Crippen LogP contribution in [0.2, 0.25) is 0 Å². The predicted octanol–water partition coefficient (Wildman–Crippen LogP) is 0.813. The number of aromatic nitrogens is 1. The third-order valence-electron chi connectivity index (χ3n) is 6.74. The number of likely N-dealkylation sites (tertiary alicyclic amines) is 2. The first-order valence-electron chi connectivity index (χ1n) is 10.4. The molecule has 0 aromatic carbocycles. The molecule has 7 nitrogen and oxygen atoms in total. The molecule has 0 spiro atoms. The van der Waals surface area contributed by atoms with E-state index in [4.69, 9.17) is 0 Å². The Bertz CT molecular complexity index is 812. The quantitative estimate of drug-likeness (QED) is 0.834. The molecule has 7 heteroatoms. The first kappa shape index (κ1) is 19.2. The summed E-state index contributed by atoms with van der Waals surface area (Å²) in [6.45, 7) is 5.24. The maximum absolute atomic E-state index is 13.2. The van der Waals surface area contributed by atoms with Crippen molar-refractivity contribution in [2.45, 2.75) is 38.1 Å². The van der Waals surface area contributed by atoms with Gasteiger partial charge in [-0.25, -0.2) is 0 Å². The molecule has 3 aliphatic rings. The van der Waals surface area contributed by atoms with Crippen LogP contribution in [0.4, 0.5) is 0 Å². The molecule has 1 aromatic heterocycles. The summed E-state index contributed by atoms with van der Waals surface area (Å²) in [4.78, 5) is 41.6. The van der Waals surface area contributed by atoms with Crippen LogP contribution in [0.15, 0.2) is 23.0 Å². The zero-order chi connectivity index (χ0) is 19.8. The third kappa shape index (κ3) is 3.60. The summed E-state index contributed by atoms with van der Waals surface area (Å²) < 4.78 is 1.87. The van der Waals surface area contributed by atoms with Gasteiger partial charge in [0, 0.05) is 50.2 Å². The molecule has 2 saturated heterocycles. The van der Waals surface area contributed by atoms with Crippen molar-refractivity contribution in [3.05, 3.63) is 34.2 Å². The van der Waals surface area contributed by atoms with Gasteiger partial charge in [0.2, 0.25) is 11.8 Å². The van der Waals surface area contributed by atoms with E-state index in [0.29, 0.717) is 19.6 Å². The van der Waals surface area contributed by atoms with Crippen LogP contribution in [-0.4, -0.2) is 66.0 Å². The van der Waals surface area contributed by atoms with Crippen LogP contribution in [0.3, 0.4) is 0 Å². The van der Waals surface area contributed by atoms with Gasteiger partial charge in [0.1, 0.15) is 0 Å². The molecule has 0 unspecified atom stereocenters. The summed E-state index contributed by atoms with van der Waals surface area (Å²) in [7, 11) is 2.10. The van der Waals surface area contributed by atoms with Crippen LogP contribution in [0, 0.1) is 11.8 Å². The van der Waals surface area contributed by atoms with E-state index in [2.05, 4.69) is 17.3 Å². The van der Waals surface area contributed by atoms with Crippen LogP contribution in [0.5, 0.6) is 0 Å². The van der Waals surface area contributed by atoms with E-state index in [1.807, 2.05) is 21.6 Å². The monoisotopic (exact) mass is 386 g/mol. The van der Waals surface area contributed by atoms with E-state index in [9.17, 15) is 14.4 Å². The lowest BCUT2D eigenvalue weighted by molar-refractivity contribution is -0.140. The van der Waals surface area contributed by atoms with E-state index in [-0.39, 0.29) is 41.2 Å². The number of fused-ring (bicyclic) bond motifs is 4. The van der Waals surface area contributed by atoms with E-state index >= 15 is 0 Å². The summed E-state index contributed by atoms with van der Waals surface area (Å²) >= 11 is 0. The van der Waals surface area contributed by atoms with Crippen LogP contribution < -0.4 is 10.9 Å². The van der Waals surface area contributed by atoms with Crippen molar-refractivity contribution >= 4 is 11.8 Å². The fraction of sp³-hybridized carbons (Fsp3) is 0.667. The van der Waals surface area contributed by atoms with Crippen LogP contribution in [0.25, 0.3) is 0 Å². The highest BCUT2D eigenvalue weighted by Gasteiger charge is 2.42. The van der Waals surface area contributed by atoms with Gasteiger partial charge in [0.25, 0.3) is 5.56 Å². The highest BCUT2D eigenvalue weighted by Crippen LogP contribution is 2.41. The van der Waals surface area contributed by atoms with Gasteiger partial charge in [0.05, 0.1) is 6.04 Å². The molecule has 1 aromatic rings. The van der Waals surface area contributed by atoms with E-state index in [1.165, 1.54) is 6.92 Å². The predicted molar refractivity (Wildman–Crippen MR) is 106 cm³/mol. The van der Waals surface area contributed by atoms with Crippen LogP contribution in [-0.2, 0) is 9.59 Å². The molecule has 2 bridgehead atoms. The van der Waals surface area contributed by atoms with Gasteiger partial charge in [-0.1, -0.05) is 6.07 Å². The minimum Gasteiger partial charge on any atom is -0.354 e. The Morgan fingerprint density at radius 3 is 2.64 bits per heavy atom. The van der Waals surface area contributed by atoms with Gasteiger partial charge >= 0.3 is 0 Å². The van der Waals surface area contributed by atoms with Crippen molar-refractivity contribution in [2.24, 2.45) is 11.8 Å². The van der Waals surface area contributed by atoms with Crippen LogP contribution in [0.1, 0.15) is 43.8 Å². The number of rotatable bonds is 3. The fourth-order valence-corrected chi connectivity index (χ4v) is 5.25. The lowest BCUT2D eigenvalue weighted by Gasteiger charge is -2.48. The molecule has 152 valence electrons. The van der Waals surface area contributed by atoms with Crippen molar-refractivity contribution in [3.8, 4) is 0 Å². The minimum atomic E-state index is -0.100. The highest BCUT2D eigenvalue weighted by atomic mass is 16.2. The average Bonchev–Trinajstić information content (AvgIpc) is 2.68. The lowest BCUT2D eigenvalue weighted by Crippen LogP contribution is -2.54. The van der Waals surface area contributed by atoms with E-state index in [1.54, 1.807) is 6.07 Å². The highest BCUT2D eigenvalue weighted by molar-refractivity contribution is 5.79. The van der Waals surface area contributed by atoms with Gasteiger partial charge in [-0.3, -0.25) is 14.4 Å². The molecular weight excluding hydrogens is 356 g/mol. The summed E-state index contributed by atoms with van der Waals surface area (Å²) in [6.07, 6.45) is 2.81. The Kier molecular flexibility index (Phi) is 5.27. The summed E-state index contributed by atoms with van der Waals surface area (Å²) in [5.74, 6) is 0.669. The number of hydrogen-bond acceptors (Lipinski definition) is 4. The minimum absolute atomic E-state index is 0.0161. The smallest absolute Gasteiger partial charge is 0.251 e. The number of carbonyl (C=O) groups excluding carboxylic acids is 2. The van der Waals surface area contributed by atoms with Crippen molar-refractivity contribution < 1.29 is 9.59 Å². The first-order valence-corrected chi connectivity index (χ1v) is 10.4. The van der Waals surface area contributed by atoms with Gasteiger partial charge in [-0.2, -0.15) is 0 Å². The Hall–Kier alpha value is -2.15. The number of carbonyl (C=O) groups is 2. The van der Waals surface area contributed by atoms with Crippen molar-refractivity contribution in [3.63, 3.8) is 0 Å². The largest absolute Gasteiger partial charge is 0.354 e. The number of amides is 2. The van der Waals surface area contributed by atoms with Crippen molar-refractivity contribution in [1.29, 1.82) is 0 Å². The summed E-state index contributed by atoms with van der Waals surface area (Å²) in [6, 6.07) is 5.30. The van der Waals surface area contributed by atoms with Gasteiger partial charge in [-0.05, 0) is 51.4 Å². The number of nitrogens with one attached hydrogen (secondary N) is 1. The van der Waals surface area contributed by atoms with E-state index < -0.39 is 0 Å². The van der Waals surface area contributed by atoms with E-state index in [0.717, 1.165) is 38.0 Å². The molecule has 4 rings (SSSR count). The SMILES string of the molecule is CC(=O)NC[C@H]1[C@H]2C[C@H](CN(C(=O)C3CCN(C)CC3)C2)c2cccc(=O)n21. The molecule has 1 N–H and O–H groups in total. The average molecular weight is 386 g/mol. The molecule has 28 heavy (non-hydrogen) atoms. The van der Waals surface area contributed by atoms with Gasteiger partial charge < -0.3 is 19.7 Å². The lowest BCUT2D eigenvalue weighted by atomic mass is 9.77. The topological polar surface area (TPSA) is 74.7 Å². The Morgan fingerprint density at radius 2 is 1.93 bits per heavy atom. The standard InChI is InChI=1S/C21H30N4O3/c1-14(26)22-11-19-17-10-16(18-4-3-5-20(27)25(18)19)12-24(13-17)21(28)15-6-8-23(2)9-7-15/h3-5,15-17,19H,6-13H2,1-2H3,(H,22,26)/t16-,17+,19+/m1/s1. The second-order valence-electron chi connectivity index (χ2n) is 8.68. The molecule has 3 aliphatic heterocycles. The Morgan fingerprint density at radius 1 is 1.18 bits per heavy atom. The van der Waals surface area contributed by atoms with Crippen LogP contribution >= 0.6 is 0 Å². The molecule has 0 saturated carbocycles. The summed E-state index contributed by atoms with van der Waals surface area (Å²) in [5, 5.41) is 2.89. The van der Waals surface area contributed by atoms with Crippen molar-refractivity contribution in [2.75, 3.05) is 39.8 Å². The molecular formula is C21H30N4O3. The summed E-state index contributed by atoms with van der Waals surface area (Å²) in [5.41, 5.74) is 0.984. The normalized spacial score (nSPS) is 27.9. The molecule has 3 atom stereocenters. The zero-order valence-electron chi connectivity index (χ0n) is 16.8. The Balaban J connectivity index is 1.59. The second-order valence-corrected chi connectivity index (χ2v) is 8.68. The molecule has 2 amide bonds. The third-order valence-corrected chi connectivity index (χ3v) is 6.74. The maximum Gasteiger partial charge on any atom is 0.251 e. The Labute approximate surface area is 165 Å². The first-order chi connectivity index (χ1) is 13.4. The molecule has 0 radical (unpaired) electrons. The molecule has 2 fully saturated rings. The van der Waals surface area contributed by atoms with Crippen molar-refractivity contribution in [1.82, 2.24) is 19.7 Å². The number of nitrogens with zero attached hydrogens (tertiary/aromatic N) is 3.